The minimum atomic E-state index is -2.95. The Bertz CT molecular complexity index is 726. The van der Waals surface area contributed by atoms with Gasteiger partial charge in [-0.2, -0.15) is 0 Å². The van der Waals surface area contributed by atoms with E-state index in [2.05, 4.69) is 15.4 Å². The Labute approximate surface area is 116 Å². The quantitative estimate of drug-likeness (QED) is 0.576. The number of imidazole rings is 1. The summed E-state index contributed by atoms with van der Waals surface area (Å²) in [4.78, 5) is 10.6. The van der Waals surface area contributed by atoms with Gasteiger partial charge in [0, 0.05) is 25.5 Å². The van der Waals surface area contributed by atoms with Crippen LogP contribution in [0.3, 0.4) is 0 Å². The van der Waals surface area contributed by atoms with Crippen LogP contribution in [0.2, 0.25) is 0 Å². The SMILES string of the molecule is NNc1cn2ccnc2c(N2CCCS(=O)(=O)CC2)n1. The number of nitrogen functional groups attached to an aromatic ring is 1. The second kappa shape index (κ2) is 4.91. The molecule has 2 aromatic rings. The summed E-state index contributed by atoms with van der Waals surface area (Å²) in [6.07, 6.45) is 5.81. The fourth-order valence-corrected chi connectivity index (χ4v) is 3.62. The maximum atomic E-state index is 11.7. The smallest absolute Gasteiger partial charge is 0.180 e. The summed E-state index contributed by atoms with van der Waals surface area (Å²) in [6, 6.07) is 0. The van der Waals surface area contributed by atoms with Crippen LogP contribution in [0.4, 0.5) is 11.6 Å². The number of sulfone groups is 1. The number of rotatable bonds is 2. The molecule has 3 N–H and O–H groups in total. The van der Waals surface area contributed by atoms with Gasteiger partial charge in [-0.05, 0) is 6.42 Å². The van der Waals surface area contributed by atoms with E-state index in [1.807, 2.05) is 9.30 Å². The van der Waals surface area contributed by atoms with E-state index in [1.165, 1.54) is 0 Å². The summed E-state index contributed by atoms with van der Waals surface area (Å²) in [5.74, 6) is 6.95. The van der Waals surface area contributed by atoms with Crippen molar-refractivity contribution >= 4 is 27.1 Å². The highest BCUT2D eigenvalue weighted by molar-refractivity contribution is 7.91. The molecule has 3 heterocycles. The van der Waals surface area contributed by atoms with Crippen LogP contribution in [0.1, 0.15) is 6.42 Å². The van der Waals surface area contributed by atoms with Crippen LogP contribution in [0, 0.1) is 0 Å². The maximum Gasteiger partial charge on any atom is 0.180 e. The summed E-state index contributed by atoms with van der Waals surface area (Å²) in [5.41, 5.74) is 3.21. The standard InChI is InChI=1S/C11H16N6O2S/c12-15-9-8-17-4-2-13-10(17)11(14-9)16-3-1-6-20(18,19)7-5-16/h2,4,8,15H,1,3,5-7,12H2. The zero-order chi connectivity index (χ0) is 14.2. The van der Waals surface area contributed by atoms with Gasteiger partial charge in [-0.3, -0.25) is 0 Å². The Kier molecular flexibility index (Phi) is 3.22. The second-order valence-electron chi connectivity index (χ2n) is 4.74. The molecule has 2 aromatic heterocycles. The van der Waals surface area contributed by atoms with Gasteiger partial charge >= 0.3 is 0 Å². The average Bonchev–Trinajstić information content (AvgIpc) is 2.82. The lowest BCUT2D eigenvalue weighted by Gasteiger charge is -2.21. The van der Waals surface area contributed by atoms with Crippen molar-refractivity contribution in [2.45, 2.75) is 6.42 Å². The highest BCUT2D eigenvalue weighted by Gasteiger charge is 2.22. The molecule has 1 fully saturated rings. The molecule has 8 nitrogen and oxygen atoms in total. The van der Waals surface area contributed by atoms with Gasteiger partial charge in [0.25, 0.3) is 0 Å². The van der Waals surface area contributed by atoms with Crippen molar-refractivity contribution in [3.05, 3.63) is 18.6 Å². The highest BCUT2D eigenvalue weighted by Crippen LogP contribution is 2.22. The number of hydrogen-bond acceptors (Lipinski definition) is 7. The monoisotopic (exact) mass is 296 g/mol. The lowest BCUT2D eigenvalue weighted by atomic mass is 10.4. The fraction of sp³-hybridized carbons (Fsp3) is 0.455. The van der Waals surface area contributed by atoms with E-state index < -0.39 is 9.84 Å². The lowest BCUT2D eigenvalue weighted by Crippen LogP contribution is -2.28. The predicted molar refractivity (Wildman–Crippen MR) is 76.3 cm³/mol. The van der Waals surface area contributed by atoms with Gasteiger partial charge in [0.05, 0.1) is 17.7 Å². The van der Waals surface area contributed by atoms with Gasteiger partial charge in [-0.1, -0.05) is 0 Å². The molecule has 0 saturated carbocycles. The first-order valence-corrected chi connectivity index (χ1v) is 8.17. The Balaban J connectivity index is 2.02. The maximum absolute atomic E-state index is 11.7. The van der Waals surface area contributed by atoms with Crippen LogP contribution in [-0.2, 0) is 9.84 Å². The number of hydrazine groups is 1. The van der Waals surface area contributed by atoms with Crippen LogP contribution >= 0.6 is 0 Å². The number of nitrogens with two attached hydrogens (primary N) is 1. The topological polar surface area (TPSA) is 106 Å². The fourth-order valence-electron chi connectivity index (χ4n) is 2.35. The molecular formula is C11H16N6O2S. The minimum Gasteiger partial charge on any atom is -0.352 e. The third-order valence-electron chi connectivity index (χ3n) is 3.36. The summed E-state index contributed by atoms with van der Waals surface area (Å²) in [5, 5.41) is 0. The van der Waals surface area contributed by atoms with Gasteiger partial charge in [0.1, 0.15) is 0 Å². The molecule has 1 aliphatic rings. The molecular weight excluding hydrogens is 280 g/mol. The van der Waals surface area contributed by atoms with Crippen LogP contribution in [0.15, 0.2) is 18.6 Å². The first-order valence-electron chi connectivity index (χ1n) is 6.35. The molecule has 108 valence electrons. The normalized spacial score (nSPS) is 18.9. The molecule has 1 saturated heterocycles. The van der Waals surface area contributed by atoms with Crippen LogP contribution in [0.25, 0.3) is 5.65 Å². The third-order valence-corrected chi connectivity index (χ3v) is 5.07. The molecule has 0 aliphatic carbocycles. The number of aromatic nitrogens is 3. The molecule has 0 bridgehead atoms. The van der Waals surface area contributed by atoms with E-state index in [0.717, 1.165) is 0 Å². The first kappa shape index (κ1) is 13.1. The molecule has 0 spiro atoms. The van der Waals surface area contributed by atoms with Gasteiger partial charge in [0.15, 0.2) is 27.1 Å². The van der Waals surface area contributed by atoms with E-state index >= 15 is 0 Å². The largest absolute Gasteiger partial charge is 0.352 e. The van der Waals surface area contributed by atoms with Gasteiger partial charge in [-0.15, -0.1) is 0 Å². The summed E-state index contributed by atoms with van der Waals surface area (Å²) >= 11 is 0. The van der Waals surface area contributed by atoms with E-state index in [1.54, 1.807) is 18.6 Å². The highest BCUT2D eigenvalue weighted by atomic mass is 32.2. The second-order valence-corrected chi connectivity index (χ2v) is 7.05. The van der Waals surface area contributed by atoms with Crippen LogP contribution in [0.5, 0.6) is 0 Å². The van der Waals surface area contributed by atoms with Crippen molar-refractivity contribution in [2.75, 3.05) is 34.9 Å². The molecule has 20 heavy (non-hydrogen) atoms. The van der Waals surface area contributed by atoms with Crippen molar-refractivity contribution < 1.29 is 8.42 Å². The molecule has 3 rings (SSSR count). The van der Waals surface area contributed by atoms with E-state index in [0.29, 0.717) is 36.8 Å². The molecule has 0 unspecified atom stereocenters. The number of anilines is 2. The zero-order valence-electron chi connectivity index (χ0n) is 10.9. The summed E-state index contributed by atoms with van der Waals surface area (Å²) in [7, 11) is -2.95. The number of hydrogen-bond donors (Lipinski definition) is 2. The molecule has 0 aromatic carbocycles. The van der Waals surface area contributed by atoms with Gasteiger partial charge in [0.2, 0.25) is 0 Å². The van der Waals surface area contributed by atoms with Crippen molar-refractivity contribution in [2.24, 2.45) is 5.84 Å². The molecule has 0 atom stereocenters. The summed E-state index contributed by atoms with van der Waals surface area (Å²) in [6.45, 7) is 1.06. The number of fused-ring (bicyclic) bond motifs is 1. The van der Waals surface area contributed by atoms with Crippen molar-refractivity contribution in [3.8, 4) is 0 Å². The average molecular weight is 296 g/mol. The molecule has 0 radical (unpaired) electrons. The van der Waals surface area contributed by atoms with E-state index in [9.17, 15) is 8.42 Å². The predicted octanol–water partition coefficient (Wildman–Crippen LogP) is -0.360. The molecule has 1 aliphatic heterocycles. The lowest BCUT2D eigenvalue weighted by molar-refractivity contribution is 0.597. The number of nitrogens with zero attached hydrogens (tertiary/aromatic N) is 4. The van der Waals surface area contributed by atoms with Gasteiger partial charge in [-0.25, -0.2) is 24.2 Å². The van der Waals surface area contributed by atoms with Crippen molar-refractivity contribution in [3.63, 3.8) is 0 Å². The van der Waals surface area contributed by atoms with Crippen LogP contribution < -0.4 is 16.2 Å². The van der Waals surface area contributed by atoms with Crippen molar-refractivity contribution in [1.29, 1.82) is 0 Å². The van der Waals surface area contributed by atoms with Crippen LogP contribution in [-0.4, -0.2) is 47.4 Å². The molecule has 0 amide bonds. The zero-order valence-corrected chi connectivity index (χ0v) is 11.7. The third kappa shape index (κ3) is 2.41. The summed E-state index contributed by atoms with van der Waals surface area (Å²) < 4.78 is 25.2. The Hall–Kier alpha value is -1.87. The first-order chi connectivity index (χ1) is 9.59. The Morgan fingerprint density at radius 1 is 1.30 bits per heavy atom. The van der Waals surface area contributed by atoms with Crippen molar-refractivity contribution in [1.82, 2.24) is 14.4 Å². The molecule has 9 heteroatoms. The Morgan fingerprint density at radius 3 is 2.95 bits per heavy atom. The Morgan fingerprint density at radius 2 is 2.15 bits per heavy atom. The van der Waals surface area contributed by atoms with Gasteiger partial charge < -0.3 is 14.7 Å². The van der Waals surface area contributed by atoms with E-state index in [-0.39, 0.29) is 11.5 Å². The number of nitrogens with one attached hydrogen (secondary N) is 1. The van der Waals surface area contributed by atoms with E-state index in [4.69, 9.17) is 5.84 Å². The minimum absolute atomic E-state index is 0.141.